The van der Waals surface area contributed by atoms with Crippen LogP contribution in [0.2, 0.25) is 5.02 Å². The van der Waals surface area contributed by atoms with E-state index in [2.05, 4.69) is 25.0 Å². The average Bonchev–Trinajstić information content (AvgIpc) is 3.46. The molecule has 0 aliphatic carbocycles. The molecule has 0 spiro atoms. The summed E-state index contributed by atoms with van der Waals surface area (Å²) in [4.78, 5) is 11.7. The second-order valence-corrected chi connectivity index (χ2v) is 8.77. The van der Waals surface area contributed by atoms with Gasteiger partial charge in [0.1, 0.15) is 5.82 Å². The largest absolute Gasteiger partial charge is 0.379 e. The molecule has 1 aromatic carbocycles. The zero-order chi connectivity index (χ0) is 20.9. The molecule has 4 rings (SSSR count). The number of hydrogen-bond donors (Lipinski definition) is 1. The molecule has 8 heteroatoms. The molecular formula is C22H33ClFN5O. The summed E-state index contributed by atoms with van der Waals surface area (Å²) in [6.45, 7) is 8.14. The minimum absolute atomic E-state index is 0.101. The fourth-order valence-electron chi connectivity index (χ4n) is 4.99. The lowest BCUT2D eigenvalue weighted by atomic mass is 10.0. The van der Waals surface area contributed by atoms with Crippen molar-refractivity contribution < 1.29 is 9.13 Å². The molecule has 3 fully saturated rings. The number of nitrogens with zero attached hydrogens (tertiary/aromatic N) is 4. The molecule has 2 unspecified atom stereocenters. The van der Waals surface area contributed by atoms with Gasteiger partial charge in [0.2, 0.25) is 0 Å². The number of benzene rings is 1. The van der Waals surface area contributed by atoms with E-state index in [0.29, 0.717) is 23.2 Å². The van der Waals surface area contributed by atoms with Gasteiger partial charge in [-0.05, 0) is 44.5 Å². The van der Waals surface area contributed by atoms with Crippen LogP contribution < -0.4 is 5.32 Å². The van der Waals surface area contributed by atoms with Crippen LogP contribution in [0.3, 0.4) is 0 Å². The average molecular weight is 438 g/mol. The maximum absolute atomic E-state index is 14.7. The van der Waals surface area contributed by atoms with E-state index in [-0.39, 0.29) is 11.9 Å². The van der Waals surface area contributed by atoms with Crippen LogP contribution >= 0.6 is 11.6 Å². The van der Waals surface area contributed by atoms with Crippen LogP contribution in [0.1, 0.15) is 30.9 Å². The molecule has 3 aliphatic rings. The Labute approximate surface area is 184 Å². The van der Waals surface area contributed by atoms with Crippen molar-refractivity contribution in [1.29, 1.82) is 0 Å². The first-order chi connectivity index (χ1) is 14.7. The molecule has 6 nitrogen and oxygen atoms in total. The van der Waals surface area contributed by atoms with Crippen LogP contribution in [0.5, 0.6) is 0 Å². The quantitative estimate of drug-likeness (QED) is 0.566. The molecule has 0 radical (unpaired) electrons. The number of morpholine rings is 1. The molecule has 0 aromatic heterocycles. The predicted molar refractivity (Wildman–Crippen MR) is 119 cm³/mol. The molecular weight excluding hydrogens is 405 g/mol. The summed E-state index contributed by atoms with van der Waals surface area (Å²) in [7, 11) is 1.82. The van der Waals surface area contributed by atoms with Gasteiger partial charge in [-0.3, -0.25) is 14.8 Å². The molecule has 1 aromatic rings. The fraction of sp³-hybridized carbons (Fsp3) is 0.682. The number of nitrogens with one attached hydrogen (secondary N) is 1. The third kappa shape index (κ3) is 4.90. The Morgan fingerprint density at radius 1 is 1.23 bits per heavy atom. The summed E-state index contributed by atoms with van der Waals surface area (Å²) in [6, 6.07) is 5.40. The first-order valence-corrected chi connectivity index (χ1v) is 11.5. The van der Waals surface area contributed by atoms with Crippen LogP contribution in [0, 0.1) is 5.82 Å². The first kappa shape index (κ1) is 21.8. The molecule has 0 bridgehead atoms. The number of likely N-dealkylation sites (tertiary alicyclic amines) is 2. The maximum Gasteiger partial charge on any atom is 0.193 e. The topological polar surface area (TPSA) is 43.3 Å². The van der Waals surface area contributed by atoms with E-state index in [9.17, 15) is 4.39 Å². The Hall–Kier alpha value is -1.41. The first-order valence-electron chi connectivity index (χ1n) is 11.1. The van der Waals surface area contributed by atoms with E-state index in [1.165, 1.54) is 6.07 Å². The van der Waals surface area contributed by atoms with Gasteiger partial charge in [-0.25, -0.2) is 4.39 Å². The van der Waals surface area contributed by atoms with Gasteiger partial charge in [-0.2, -0.15) is 0 Å². The highest BCUT2D eigenvalue weighted by atomic mass is 35.5. The Bertz CT molecular complexity index is 716. The third-order valence-corrected chi connectivity index (χ3v) is 6.93. The summed E-state index contributed by atoms with van der Waals surface area (Å²) < 4.78 is 20.2. The Balaban J connectivity index is 1.42. The lowest BCUT2D eigenvalue weighted by molar-refractivity contribution is 0.0194. The summed E-state index contributed by atoms with van der Waals surface area (Å²) in [6.07, 6.45) is 3.42. The van der Waals surface area contributed by atoms with Crippen molar-refractivity contribution in [2.24, 2.45) is 4.99 Å². The van der Waals surface area contributed by atoms with Crippen LogP contribution in [0.25, 0.3) is 0 Å². The second kappa shape index (κ2) is 10.3. The van der Waals surface area contributed by atoms with Crippen LogP contribution in [-0.4, -0.2) is 92.8 Å². The van der Waals surface area contributed by atoms with Crippen molar-refractivity contribution in [3.63, 3.8) is 0 Å². The van der Waals surface area contributed by atoms with E-state index >= 15 is 0 Å². The van der Waals surface area contributed by atoms with Crippen LogP contribution in [0.15, 0.2) is 23.2 Å². The lowest BCUT2D eigenvalue weighted by Crippen LogP contribution is -2.47. The van der Waals surface area contributed by atoms with E-state index in [1.54, 1.807) is 12.1 Å². The van der Waals surface area contributed by atoms with E-state index in [4.69, 9.17) is 16.3 Å². The minimum Gasteiger partial charge on any atom is -0.379 e. The smallest absolute Gasteiger partial charge is 0.193 e. The molecule has 0 saturated carbocycles. The van der Waals surface area contributed by atoms with Crippen molar-refractivity contribution in [2.45, 2.75) is 31.3 Å². The monoisotopic (exact) mass is 437 g/mol. The van der Waals surface area contributed by atoms with Crippen molar-refractivity contribution in [3.05, 3.63) is 34.6 Å². The van der Waals surface area contributed by atoms with Crippen molar-refractivity contribution in [1.82, 2.24) is 20.0 Å². The molecule has 2 atom stereocenters. The summed E-state index contributed by atoms with van der Waals surface area (Å²) in [5.74, 6) is 0.659. The number of guanidine groups is 1. The van der Waals surface area contributed by atoms with Crippen molar-refractivity contribution in [3.8, 4) is 0 Å². The predicted octanol–water partition coefficient (Wildman–Crippen LogP) is 2.60. The van der Waals surface area contributed by atoms with E-state index in [0.717, 1.165) is 77.7 Å². The summed E-state index contributed by atoms with van der Waals surface area (Å²) in [5.41, 5.74) is 0.594. The van der Waals surface area contributed by atoms with Crippen LogP contribution in [-0.2, 0) is 4.74 Å². The van der Waals surface area contributed by atoms with Gasteiger partial charge in [0.05, 0.1) is 19.3 Å². The number of halogens is 2. The molecule has 166 valence electrons. The second-order valence-electron chi connectivity index (χ2n) is 8.36. The fourth-order valence-corrected chi connectivity index (χ4v) is 5.28. The lowest BCUT2D eigenvalue weighted by Gasteiger charge is -2.33. The minimum atomic E-state index is -0.232. The van der Waals surface area contributed by atoms with Gasteiger partial charge in [-0.1, -0.05) is 17.7 Å². The standard InChI is InChI=1S/C22H33ClFN5O/c1-25-22(29-10-7-17(16-29)27-11-13-30-14-12-27)26-15-20(28-8-2-3-9-28)21-18(23)5-4-6-19(21)24/h4-6,17,20H,2-3,7-16H2,1H3,(H,25,26). The Kier molecular flexibility index (Phi) is 7.46. The zero-order valence-corrected chi connectivity index (χ0v) is 18.6. The van der Waals surface area contributed by atoms with Gasteiger partial charge in [0.15, 0.2) is 5.96 Å². The number of ether oxygens (including phenoxy) is 1. The molecule has 0 amide bonds. The third-order valence-electron chi connectivity index (χ3n) is 6.60. The number of rotatable bonds is 5. The van der Waals surface area contributed by atoms with Crippen molar-refractivity contribution >= 4 is 17.6 Å². The summed E-state index contributed by atoms with van der Waals surface area (Å²) >= 11 is 6.43. The van der Waals surface area contributed by atoms with Gasteiger partial charge < -0.3 is 15.0 Å². The van der Waals surface area contributed by atoms with Gasteiger partial charge in [0.25, 0.3) is 0 Å². The molecule has 1 N–H and O–H groups in total. The Morgan fingerprint density at radius 2 is 2.00 bits per heavy atom. The molecule has 3 aliphatic heterocycles. The normalized spacial score (nSPS) is 25.1. The van der Waals surface area contributed by atoms with E-state index < -0.39 is 0 Å². The highest BCUT2D eigenvalue weighted by Crippen LogP contribution is 2.32. The SMILES string of the molecule is CN=C(NCC(c1c(F)cccc1Cl)N1CCCC1)N1CCC(N2CCOCC2)C1. The number of aliphatic imine (C=N–C) groups is 1. The van der Waals surface area contributed by atoms with Crippen LogP contribution in [0.4, 0.5) is 4.39 Å². The highest BCUT2D eigenvalue weighted by molar-refractivity contribution is 6.31. The van der Waals surface area contributed by atoms with E-state index in [1.807, 2.05) is 7.05 Å². The zero-order valence-electron chi connectivity index (χ0n) is 17.8. The van der Waals surface area contributed by atoms with Gasteiger partial charge in [0, 0.05) is 56.4 Å². The number of hydrogen-bond acceptors (Lipinski definition) is 4. The maximum atomic E-state index is 14.7. The highest BCUT2D eigenvalue weighted by Gasteiger charge is 2.32. The summed E-state index contributed by atoms with van der Waals surface area (Å²) in [5, 5.41) is 4.03. The Morgan fingerprint density at radius 3 is 2.70 bits per heavy atom. The molecule has 3 heterocycles. The van der Waals surface area contributed by atoms with Gasteiger partial charge in [-0.15, -0.1) is 0 Å². The molecule has 30 heavy (non-hydrogen) atoms. The van der Waals surface area contributed by atoms with Crippen molar-refractivity contribution in [2.75, 3.05) is 66.1 Å². The molecule has 3 saturated heterocycles. The van der Waals surface area contributed by atoms with Gasteiger partial charge >= 0.3 is 0 Å².